The van der Waals surface area contributed by atoms with Gasteiger partial charge in [-0.25, -0.2) is 8.78 Å². The first-order valence-corrected chi connectivity index (χ1v) is 12.1. The molecule has 0 radical (unpaired) electrons. The number of hydrogen-bond acceptors (Lipinski definition) is 6. The molecular weight excluding hydrogens is 524 g/mol. The van der Waals surface area contributed by atoms with E-state index in [9.17, 15) is 23.2 Å². The third-order valence-electron chi connectivity index (χ3n) is 5.61. The van der Waals surface area contributed by atoms with E-state index in [1.807, 2.05) is 0 Å². The van der Waals surface area contributed by atoms with Crippen molar-refractivity contribution in [3.63, 3.8) is 0 Å². The van der Waals surface area contributed by atoms with Crippen molar-refractivity contribution in [2.75, 3.05) is 25.0 Å². The number of aliphatic carboxylic acids is 1. The normalized spacial score (nSPS) is 10.7. The molecule has 0 aliphatic rings. The Kier molecular flexibility index (Phi) is 8.82. The molecule has 4 rings (SSSR count). The van der Waals surface area contributed by atoms with Crippen LogP contribution in [0.25, 0.3) is 11.4 Å². The minimum atomic E-state index is -0.990. The molecule has 10 nitrogen and oxygen atoms in total. The number of aromatic nitrogens is 2. The van der Waals surface area contributed by atoms with Gasteiger partial charge in [0.15, 0.2) is 11.6 Å². The number of nitrogens with zero attached hydrogens (tertiary/aromatic N) is 1. The number of halogens is 2. The third kappa shape index (κ3) is 7.26. The van der Waals surface area contributed by atoms with Gasteiger partial charge in [0.25, 0.3) is 11.8 Å². The second kappa shape index (κ2) is 12.6. The van der Waals surface area contributed by atoms with Crippen molar-refractivity contribution >= 4 is 23.5 Å². The Hall–Kier alpha value is -5.10. The number of carbonyl (C=O) groups is 3. The fourth-order valence-corrected chi connectivity index (χ4v) is 3.64. The topological polar surface area (TPSA) is 145 Å². The van der Waals surface area contributed by atoms with Gasteiger partial charge in [0.2, 0.25) is 0 Å². The van der Waals surface area contributed by atoms with Gasteiger partial charge in [0, 0.05) is 37.1 Å². The van der Waals surface area contributed by atoms with Gasteiger partial charge in [-0.15, -0.1) is 0 Å². The van der Waals surface area contributed by atoms with Gasteiger partial charge < -0.3 is 30.8 Å². The van der Waals surface area contributed by atoms with Crippen molar-refractivity contribution < 1.29 is 33.0 Å². The number of aryl methyl sites for hydroxylation is 1. The first kappa shape index (κ1) is 27.9. The van der Waals surface area contributed by atoms with Crippen LogP contribution in [0.3, 0.4) is 0 Å². The van der Waals surface area contributed by atoms with Gasteiger partial charge in [0.05, 0.1) is 29.2 Å². The number of carbonyl (C=O) groups excluding carboxylic acids is 2. The quantitative estimate of drug-likeness (QED) is 0.177. The highest BCUT2D eigenvalue weighted by atomic mass is 19.1. The molecule has 2 heterocycles. The molecule has 0 unspecified atom stereocenters. The van der Waals surface area contributed by atoms with Crippen LogP contribution in [0.15, 0.2) is 67.0 Å². The van der Waals surface area contributed by atoms with Crippen molar-refractivity contribution in [1.29, 1.82) is 0 Å². The van der Waals surface area contributed by atoms with Crippen LogP contribution in [0.2, 0.25) is 0 Å². The first-order chi connectivity index (χ1) is 19.2. The summed E-state index contributed by atoms with van der Waals surface area (Å²) in [7, 11) is 0. The number of rotatable bonds is 11. The maximum atomic E-state index is 14.6. The second-order valence-corrected chi connectivity index (χ2v) is 8.69. The van der Waals surface area contributed by atoms with Crippen LogP contribution in [-0.2, 0) is 4.79 Å². The van der Waals surface area contributed by atoms with Gasteiger partial charge >= 0.3 is 5.97 Å². The first-order valence-electron chi connectivity index (χ1n) is 12.1. The largest absolute Gasteiger partial charge is 0.480 e. The minimum absolute atomic E-state index is 0.00409. The molecule has 2 aromatic carbocycles. The summed E-state index contributed by atoms with van der Waals surface area (Å²) in [4.78, 5) is 42.7. The number of amides is 2. The predicted molar refractivity (Wildman–Crippen MR) is 142 cm³/mol. The van der Waals surface area contributed by atoms with Crippen LogP contribution in [-0.4, -0.2) is 52.5 Å². The Balaban J connectivity index is 1.43. The molecular formula is C28H25F2N5O5. The van der Waals surface area contributed by atoms with Crippen LogP contribution in [0.5, 0.6) is 11.5 Å². The molecule has 0 bridgehead atoms. The summed E-state index contributed by atoms with van der Waals surface area (Å²) >= 11 is 0. The van der Waals surface area contributed by atoms with E-state index >= 15 is 0 Å². The molecule has 2 amide bonds. The fourth-order valence-electron chi connectivity index (χ4n) is 3.64. The summed E-state index contributed by atoms with van der Waals surface area (Å²) in [5, 5.41) is 16.4. The van der Waals surface area contributed by atoms with Crippen LogP contribution in [0, 0.1) is 18.6 Å². The average Bonchev–Trinajstić information content (AvgIpc) is 3.42. The third-order valence-corrected chi connectivity index (χ3v) is 5.61. The number of benzene rings is 2. The smallest absolute Gasteiger partial charge is 0.317 e. The molecule has 0 fully saturated rings. The van der Waals surface area contributed by atoms with Gasteiger partial charge in [-0.05, 0) is 55.0 Å². The van der Waals surface area contributed by atoms with E-state index in [0.717, 1.165) is 11.6 Å². The zero-order valence-electron chi connectivity index (χ0n) is 21.3. The number of H-pyrrole nitrogens is 1. The number of hydrogen-bond donors (Lipinski definition) is 5. The summed E-state index contributed by atoms with van der Waals surface area (Å²) in [5.74, 6) is -3.31. The molecule has 0 saturated carbocycles. The Bertz CT molecular complexity index is 1560. The van der Waals surface area contributed by atoms with E-state index in [1.165, 1.54) is 48.8 Å². The summed E-state index contributed by atoms with van der Waals surface area (Å²) in [6.45, 7) is 2.08. The standard InChI is InChI=1S/C28H25F2N5O5/c1-16-2-4-20(29)22(10-16)35-28(39)17-3-5-21(30)25(12-17)40-19-6-7-32-24(13-19)23-11-18(14-34-23)27(38)33-9-8-31-15-26(36)37/h2-7,10-14,31,34H,8-9,15H2,1H3,(H,33,38)(H,35,39)(H,36,37). The summed E-state index contributed by atoms with van der Waals surface area (Å²) in [6, 6.07) is 12.4. The molecule has 5 N–H and O–H groups in total. The minimum Gasteiger partial charge on any atom is -0.480 e. The monoisotopic (exact) mass is 549 g/mol. The number of anilines is 1. The molecule has 4 aromatic rings. The molecule has 0 spiro atoms. The van der Waals surface area contributed by atoms with E-state index in [2.05, 4.69) is 25.9 Å². The number of ether oxygens (including phenoxy) is 1. The highest BCUT2D eigenvalue weighted by Gasteiger charge is 2.15. The Morgan fingerprint density at radius 1 is 0.950 bits per heavy atom. The predicted octanol–water partition coefficient (Wildman–Crippen LogP) is 4.11. The lowest BCUT2D eigenvalue weighted by Crippen LogP contribution is -2.33. The van der Waals surface area contributed by atoms with Crippen molar-refractivity contribution in [1.82, 2.24) is 20.6 Å². The van der Waals surface area contributed by atoms with Crippen molar-refractivity contribution in [3.05, 3.63) is 95.3 Å². The van der Waals surface area contributed by atoms with E-state index in [4.69, 9.17) is 9.84 Å². The molecule has 0 saturated heterocycles. The second-order valence-electron chi connectivity index (χ2n) is 8.69. The van der Waals surface area contributed by atoms with E-state index in [0.29, 0.717) is 23.5 Å². The Labute approximate surface area is 227 Å². The van der Waals surface area contributed by atoms with Crippen molar-refractivity contribution in [3.8, 4) is 22.9 Å². The van der Waals surface area contributed by atoms with Crippen molar-refractivity contribution in [2.45, 2.75) is 6.92 Å². The summed E-state index contributed by atoms with van der Waals surface area (Å²) in [5.41, 5.74) is 2.05. The number of carboxylic acid groups (broad SMARTS) is 1. The molecule has 0 atom stereocenters. The number of carboxylic acids is 1. The zero-order valence-corrected chi connectivity index (χ0v) is 21.3. The zero-order chi connectivity index (χ0) is 28.6. The molecule has 206 valence electrons. The Morgan fingerprint density at radius 2 is 1.75 bits per heavy atom. The van der Waals surface area contributed by atoms with Gasteiger partial charge in [-0.2, -0.15) is 0 Å². The summed E-state index contributed by atoms with van der Waals surface area (Å²) < 4.78 is 34.3. The highest BCUT2D eigenvalue weighted by molar-refractivity contribution is 6.04. The van der Waals surface area contributed by atoms with E-state index in [1.54, 1.807) is 19.1 Å². The van der Waals surface area contributed by atoms with E-state index < -0.39 is 23.5 Å². The van der Waals surface area contributed by atoms with Crippen molar-refractivity contribution in [2.24, 2.45) is 0 Å². The highest BCUT2D eigenvalue weighted by Crippen LogP contribution is 2.29. The lowest BCUT2D eigenvalue weighted by molar-refractivity contribution is -0.135. The van der Waals surface area contributed by atoms with Gasteiger partial charge in [-0.1, -0.05) is 6.07 Å². The Morgan fingerprint density at radius 3 is 2.55 bits per heavy atom. The number of nitrogens with one attached hydrogen (secondary N) is 4. The molecule has 12 heteroatoms. The van der Waals surface area contributed by atoms with Crippen LogP contribution < -0.4 is 20.7 Å². The SMILES string of the molecule is Cc1ccc(F)c(NC(=O)c2ccc(F)c(Oc3ccnc(-c4cc(C(=O)NCCNCC(=O)O)c[nH]4)c3)c2)c1. The van der Waals surface area contributed by atoms with Gasteiger partial charge in [0.1, 0.15) is 11.6 Å². The van der Waals surface area contributed by atoms with Gasteiger partial charge in [-0.3, -0.25) is 19.4 Å². The number of pyridine rings is 1. The molecule has 0 aliphatic heterocycles. The maximum Gasteiger partial charge on any atom is 0.317 e. The lowest BCUT2D eigenvalue weighted by atomic mass is 10.1. The molecule has 0 aliphatic carbocycles. The maximum absolute atomic E-state index is 14.6. The van der Waals surface area contributed by atoms with Crippen LogP contribution in [0.4, 0.5) is 14.5 Å². The summed E-state index contributed by atoms with van der Waals surface area (Å²) in [6.07, 6.45) is 2.93. The van der Waals surface area contributed by atoms with Crippen LogP contribution >= 0.6 is 0 Å². The van der Waals surface area contributed by atoms with E-state index in [-0.39, 0.29) is 41.7 Å². The average molecular weight is 550 g/mol. The lowest BCUT2D eigenvalue weighted by Gasteiger charge is -2.11. The molecule has 40 heavy (non-hydrogen) atoms. The number of aromatic amines is 1. The molecule has 2 aromatic heterocycles. The van der Waals surface area contributed by atoms with Crippen LogP contribution in [0.1, 0.15) is 26.3 Å². The fraction of sp³-hybridized carbons (Fsp3) is 0.143.